The highest BCUT2D eigenvalue weighted by Crippen LogP contribution is 2.34. The fourth-order valence-corrected chi connectivity index (χ4v) is 2.81. The largest absolute Gasteiger partial charge is 0.480 e. The number of aliphatic carboxylic acids is 1. The van der Waals surface area contributed by atoms with Crippen LogP contribution in [0.1, 0.15) is 39.0 Å². The summed E-state index contributed by atoms with van der Waals surface area (Å²) in [5.74, 6) is -0.501. The molecule has 0 bridgehead atoms. The van der Waals surface area contributed by atoms with E-state index in [4.69, 9.17) is 10.2 Å². The fraction of sp³-hybridized carbons (Fsp3) is 0.857. The number of carboxylic acid groups (broad SMARTS) is 1. The van der Waals surface area contributed by atoms with Crippen LogP contribution in [0.5, 0.6) is 0 Å². The summed E-state index contributed by atoms with van der Waals surface area (Å²) in [6.45, 7) is 1.76. The van der Waals surface area contributed by atoms with E-state index in [1.165, 1.54) is 4.90 Å². The molecule has 7 nitrogen and oxygen atoms in total. The van der Waals surface area contributed by atoms with Crippen LogP contribution in [0.3, 0.4) is 0 Å². The molecule has 4 N–H and O–H groups in total. The zero-order valence-corrected chi connectivity index (χ0v) is 12.5. The van der Waals surface area contributed by atoms with E-state index in [1.54, 1.807) is 0 Å². The number of carbonyl (C=O) groups is 2. The van der Waals surface area contributed by atoms with Crippen molar-refractivity contribution in [3.63, 3.8) is 0 Å². The molecule has 7 heteroatoms. The minimum absolute atomic E-state index is 0.0691. The Labute approximate surface area is 124 Å². The number of nitrogens with zero attached hydrogens (tertiary/aromatic N) is 1. The first-order valence-electron chi connectivity index (χ1n) is 7.51. The lowest BCUT2D eigenvalue weighted by atomic mass is 9.75. The number of aliphatic hydroxyl groups is 2. The number of aliphatic hydroxyl groups excluding tert-OH is 2. The third-order valence-corrected chi connectivity index (χ3v) is 4.32. The molecule has 1 saturated carbocycles. The van der Waals surface area contributed by atoms with E-state index in [2.05, 4.69) is 12.2 Å². The molecule has 0 unspecified atom stereocenters. The van der Waals surface area contributed by atoms with Crippen LogP contribution in [0.4, 0.5) is 4.79 Å². The van der Waals surface area contributed by atoms with Crippen molar-refractivity contribution < 1.29 is 24.9 Å². The predicted octanol–water partition coefficient (Wildman–Crippen LogP) is 0.406. The number of carbonyl (C=O) groups excluding carboxylic acids is 1. The van der Waals surface area contributed by atoms with Crippen LogP contribution in [-0.4, -0.2) is 64.1 Å². The molecule has 0 spiro atoms. The summed E-state index contributed by atoms with van der Waals surface area (Å²) >= 11 is 0. The maximum absolute atomic E-state index is 12.2. The SMILES string of the molecule is CCC1CCC(NC(=O)N(CCO)CCO)(C(=O)O)CC1. The van der Waals surface area contributed by atoms with Gasteiger partial charge in [0, 0.05) is 13.1 Å². The zero-order valence-electron chi connectivity index (χ0n) is 12.5. The monoisotopic (exact) mass is 302 g/mol. The van der Waals surface area contributed by atoms with E-state index in [9.17, 15) is 14.7 Å². The van der Waals surface area contributed by atoms with Crippen LogP contribution in [-0.2, 0) is 4.79 Å². The fourth-order valence-electron chi connectivity index (χ4n) is 2.81. The molecule has 1 aliphatic carbocycles. The van der Waals surface area contributed by atoms with Crippen molar-refractivity contribution in [2.75, 3.05) is 26.3 Å². The van der Waals surface area contributed by atoms with Crippen molar-refractivity contribution in [1.29, 1.82) is 0 Å². The minimum Gasteiger partial charge on any atom is -0.480 e. The van der Waals surface area contributed by atoms with Gasteiger partial charge in [-0.1, -0.05) is 13.3 Å². The molecule has 0 atom stereocenters. The summed E-state index contributed by atoms with van der Waals surface area (Å²) < 4.78 is 0. The molecule has 0 heterocycles. The van der Waals surface area contributed by atoms with Gasteiger partial charge in [-0.15, -0.1) is 0 Å². The van der Waals surface area contributed by atoms with Crippen LogP contribution in [0.15, 0.2) is 0 Å². The molecule has 1 fully saturated rings. The number of carboxylic acids is 1. The highest BCUT2D eigenvalue weighted by Gasteiger charge is 2.43. The lowest BCUT2D eigenvalue weighted by Crippen LogP contribution is -2.59. The third kappa shape index (κ3) is 4.57. The van der Waals surface area contributed by atoms with Crippen LogP contribution in [0.25, 0.3) is 0 Å². The number of hydrogen-bond acceptors (Lipinski definition) is 4. The molecule has 0 radical (unpaired) electrons. The maximum atomic E-state index is 12.2. The molecular formula is C14H26N2O5. The van der Waals surface area contributed by atoms with Crippen LogP contribution < -0.4 is 5.32 Å². The number of nitrogens with one attached hydrogen (secondary N) is 1. The normalized spacial score (nSPS) is 25.4. The molecule has 0 aromatic rings. The van der Waals surface area contributed by atoms with Gasteiger partial charge in [0.15, 0.2) is 0 Å². The molecule has 0 saturated heterocycles. The second kappa shape index (κ2) is 8.19. The summed E-state index contributed by atoms with van der Waals surface area (Å²) in [7, 11) is 0. The number of amides is 2. The van der Waals surface area contributed by atoms with Gasteiger partial charge >= 0.3 is 12.0 Å². The van der Waals surface area contributed by atoms with Gasteiger partial charge in [-0.25, -0.2) is 9.59 Å². The van der Waals surface area contributed by atoms with E-state index in [0.717, 1.165) is 19.3 Å². The van der Waals surface area contributed by atoms with Gasteiger partial charge in [0.2, 0.25) is 0 Å². The van der Waals surface area contributed by atoms with Crippen molar-refractivity contribution >= 4 is 12.0 Å². The lowest BCUT2D eigenvalue weighted by molar-refractivity contribution is -0.146. The third-order valence-electron chi connectivity index (χ3n) is 4.32. The maximum Gasteiger partial charge on any atom is 0.329 e. The first-order chi connectivity index (χ1) is 9.99. The van der Waals surface area contributed by atoms with Crippen molar-refractivity contribution in [1.82, 2.24) is 10.2 Å². The second-order valence-electron chi connectivity index (χ2n) is 5.60. The van der Waals surface area contributed by atoms with E-state index in [1.807, 2.05) is 0 Å². The molecule has 2 amide bonds. The predicted molar refractivity (Wildman–Crippen MR) is 76.9 cm³/mol. The molecule has 122 valence electrons. The standard InChI is InChI=1S/C14H26N2O5/c1-2-11-3-5-14(6-4-11,12(19)20)15-13(21)16(7-9-17)8-10-18/h11,17-18H,2-10H2,1H3,(H,15,21)(H,19,20). The minimum atomic E-state index is -1.23. The molecule has 1 rings (SSSR count). The van der Waals surface area contributed by atoms with E-state index >= 15 is 0 Å². The summed E-state index contributed by atoms with van der Waals surface area (Å²) in [5.41, 5.74) is -1.23. The Morgan fingerprint density at radius 2 is 1.71 bits per heavy atom. The van der Waals surface area contributed by atoms with Gasteiger partial charge in [-0.05, 0) is 31.6 Å². The Morgan fingerprint density at radius 3 is 2.10 bits per heavy atom. The van der Waals surface area contributed by atoms with E-state index in [-0.39, 0.29) is 26.3 Å². The lowest BCUT2D eigenvalue weighted by Gasteiger charge is -2.38. The van der Waals surface area contributed by atoms with Crippen molar-refractivity contribution in [3.05, 3.63) is 0 Å². The van der Waals surface area contributed by atoms with Gasteiger partial charge in [0.1, 0.15) is 5.54 Å². The topological polar surface area (TPSA) is 110 Å². The molecular weight excluding hydrogens is 276 g/mol. The summed E-state index contributed by atoms with van der Waals surface area (Å²) in [6.07, 6.45) is 3.41. The quantitative estimate of drug-likeness (QED) is 0.544. The van der Waals surface area contributed by atoms with Crippen LogP contribution in [0, 0.1) is 5.92 Å². The number of urea groups is 1. The molecule has 1 aliphatic rings. The van der Waals surface area contributed by atoms with E-state index < -0.39 is 17.5 Å². The van der Waals surface area contributed by atoms with Gasteiger partial charge in [-0.3, -0.25) is 0 Å². The highest BCUT2D eigenvalue weighted by atomic mass is 16.4. The summed E-state index contributed by atoms with van der Waals surface area (Å²) in [4.78, 5) is 25.0. The van der Waals surface area contributed by atoms with Gasteiger partial charge in [0.25, 0.3) is 0 Å². The Morgan fingerprint density at radius 1 is 1.19 bits per heavy atom. The Balaban J connectivity index is 2.74. The first kappa shape index (κ1) is 17.7. The van der Waals surface area contributed by atoms with Gasteiger partial charge < -0.3 is 25.5 Å². The smallest absolute Gasteiger partial charge is 0.329 e. The Hall–Kier alpha value is -1.34. The molecule has 21 heavy (non-hydrogen) atoms. The number of hydrogen-bond donors (Lipinski definition) is 4. The number of rotatable bonds is 7. The summed E-state index contributed by atoms with van der Waals surface area (Å²) in [5, 5.41) is 30.0. The van der Waals surface area contributed by atoms with Crippen LogP contribution in [0.2, 0.25) is 0 Å². The summed E-state index contributed by atoms with van der Waals surface area (Å²) in [6, 6.07) is -0.546. The van der Waals surface area contributed by atoms with Crippen molar-refractivity contribution in [3.8, 4) is 0 Å². The Bertz CT molecular complexity index is 347. The first-order valence-corrected chi connectivity index (χ1v) is 7.51. The second-order valence-corrected chi connectivity index (χ2v) is 5.60. The van der Waals surface area contributed by atoms with Crippen molar-refractivity contribution in [2.45, 2.75) is 44.6 Å². The Kier molecular flexibility index (Phi) is 6.91. The van der Waals surface area contributed by atoms with Gasteiger partial charge in [0.05, 0.1) is 13.2 Å². The molecule has 0 aromatic carbocycles. The molecule has 0 aromatic heterocycles. The van der Waals surface area contributed by atoms with Gasteiger partial charge in [-0.2, -0.15) is 0 Å². The average Bonchev–Trinajstić information content (AvgIpc) is 2.47. The van der Waals surface area contributed by atoms with Crippen LogP contribution >= 0.6 is 0 Å². The zero-order chi connectivity index (χ0) is 15.9. The highest BCUT2D eigenvalue weighted by molar-refractivity contribution is 5.86. The van der Waals surface area contributed by atoms with Crippen molar-refractivity contribution in [2.24, 2.45) is 5.92 Å². The average molecular weight is 302 g/mol. The molecule has 0 aliphatic heterocycles. The van der Waals surface area contributed by atoms with E-state index in [0.29, 0.717) is 18.8 Å².